The van der Waals surface area contributed by atoms with Crippen molar-refractivity contribution in [2.24, 2.45) is 5.41 Å². The summed E-state index contributed by atoms with van der Waals surface area (Å²) in [5.74, 6) is 0. The maximum atomic E-state index is 3.63. The lowest BCUT2D eigenvalue weighted by Crippen LogP contribution is -2.41. The summed E-state index contributed by atoms with van der Waals surface area (Å²) in [4.78, 5) is 2.67. The van der Waals surface area contributed by atoms with E-state index in [4.69, 9.17) is 0 Å². The quantitative estimate of drug-likeness (QED) is 0.806. The molecule has 2 heteroatoms. The maximum Gasteiger partial charge on any atom is 0.0604 e. The number of hydrogen-bond acceptors (Lipinski definition) is 2. The molecule has 0 amide bonds. The van der Waals surface area contributed by atoms with Crippen LogP contribution in [-0.2, 0) is 0 Å². The van der Waals surface area contributed by atoms with Crippen LogP contribution < -0.4 is 10.2 Å². The molecule has 1 saturated carbocycles. The lowest BCUT2D eigenvalue weighted by atomic mass is 9.92. The third kappa shape index (κ3) is 2.21. The molecule has 2 aliphatic rings. The Balaban J connectivity index is 1.97. The highest BCUT2D eigenvalue weighted by molar-refractivity contribution is 5.71. The van der Waals surface area contributed by atoms with Crippen LogP contribution in [0.25, 0.3) is 0 Å². The zero-order valence-corrected chi connectivity index (χ0v) is 11.6. The number of para-hydroxylation sites is 2. The molecule has 1 aromatic rings. The molecule has 1 N–H and O–H groups in total. The van der Waals surface area contributed by atoms with Gasteiger partial charge in [-0.2, -0.15) is 0 Å². The van der Waals surface area contributed by atoms with Gasteiger partial charge in [0.15, 0.2) is 0 Å². The second-order valence-corrected chi connectivity index (χ2v) is 6.60. The number of rotatable bonds is 1. The summed E-state index contributed by atoms with van der Waals surface area (Å²) in [6.45, 7) is 6.97. The predicted molar refractivity (Wildman–Crippen MR) is 78.3 cm³/mol. The molecular weight excluding hydrogens is 220 g/mol. The highest BCUT2D eigenvalue weighted by atomic mass is 15.2. The summed E-state index contributed by atoms with van der Waals surface area (Å²) in [5.41, 5.74) is 3.06. The van der Waals surface area contributed by atoms with Crippen LogP contribution in [0.1, 0.15) is 39.5 Å². The Kier molecular flexibility index (Phi) is 2.96. The monoisotopic (exact) mass is 244 g/mol. The largest absolute Gasteiger partial charge is 0.383 e. The minimum absolute atomic E-state index is 0.335. The van der Waals surface area contributed by atoms with Crippen LogP contribution >= 0.6 is 0 Å². The number of benzene rings is 1. The number of fused-ring (bicyclic) bond motifs is 1. The molecule has 1 aromatic carbocycles. The van der Waals surface area contributed by atoms with Crippen molar-refractivity contribution < 1.29 is 0 Å². The zero-order chi connectivity index (χ0) is 12.6. The summed E-state index contributed by atoms with van der Waals surface area (Å²) in [7, 11) is 0. The molecule has 18 heavy (non-hydrogen) atoms. The van der Waals surface area contributed by atoms with Gasteiger partial charge in [-0.25, -0.2) is 0 Å². The van der Waals surface area contributed by atoms with E-state index >= 15 is 0 Å². The fourth-order valence-electron chi connectivity index (χ4n) is 3.35. The van der Waals surface area contributed by atoms with Crippen LogP contribution in [0.5, 0.6) is 0 Å². The SMILES string of the molecule is CC1(C)CNc2ccccc2N(C2CCCC2)C1. The summed E-state index contributed by atoms with van der Waals surface area (Å²) >= 11 is 0. The molecule has 2 nitrogen and oxygen atoms in total. The van der Waals surface area contributed by atoms with Gasteiger partial charge in [0, 0.05) is 19.1 Å². The third-order valence-corrected chi connectivity index (χ3v) is 4.33. The van der Waals surface area contributed by atoms with Crippen LogP contribution in [0.15, 0.2) is 24.3 Å². The topological polar surface area (TPSA) is 15.3 Å². The number of anilines is 2. The van der Waals surface area contributed by atoms with E-state index in [0.29, 0.717) is 5.41 Å². The van der Waals surface area contributed by atoms with Crippen LogP contribution in [-0.4, -0.2) is 19.1 Å². The first kappa shape index (κ1) is 11.9. The molecule has 0 saturated heterocycles. The van der Waals surface area contributed by atoms with E-state index in [0.717, 1.165) is 12.6 Å². The summed E-state index contributed by atoms with van der Waals surface area (Å²) < 4.78 is 0. The summed E-state index contributed by atoms with van der Waals surface area (Å²) in [5, 5.41) is 3.63. The molecule has 0 aromatic heterocycles. The van der Waals surface area contributed by atoms with Crippen LogP contribution in [0.4, 0.5) is 11.4 Å². The molecular formula is C16H24N2. The predicted octanol–water partition coefficient (Wildman–Crippen LogP) is 3.89. The van der Waals surface area contributed by atoms with Gasteiger partial charge in [0.1, 0.15) is 0 Å². The second kappa shape index (κ2) is 4.49. The highest BCUT2D eigenvalue weighted by Crippen LogP contribution is 2.38. The normalized spacial score (nSPS) is 23.3. The first-order chi connectivity index (χ1) is 8.66. The molecule has 0 radical (unpaired) electrons. The second-order valence-electron chi connectivity index (χ2n) is 6.60. The minimum Gasteiger partial charge on any atom is -0.383 e. The van der Waals surface area contributed by atoms with Gasteiger partial charge in [-0.1, -0.05) is 38.8 Å². The van der Waals surface area contributed by atoms with Crippen molar-refractivity contribution in [1.82, 2.24) is 0 Å². The Hall–Kier alpha value is -1.18. The Bertz CT molecular complexity index is 419. The van der Waals surface area contributed by atoms with E-state index in [2.05, 4.69) is 48.3 Å². The van der Waals surface area contributed by atoms with E-state index in [1.807, 2.05) is 0 Å². The lowest BCUT2D eigenvalue weighted by Gasteiger charge is -2.35. The van der Waals surface area contributed by atoms with Crippen molar-refractivity contribution >= 4 is 11.4 Å². The van der Waals surface area contributed by atoms with Gasteiger partial charge in [0.2, 0.25) is 0 Å². The maximum absolute atomic E-state index is 3.63. The average Bonchev–Trinajstić information content (AvgIpc) is 2.84. The highest BCUT2D eigenvalue weighted by Gasteiger charge is 2.32. The van der Waals surface area contributed by atoms with Crippen LogP contribution in [0.3, 0.4) is 0 Å². The molecule has 1 fully saturated rings. The molecule has 0 unspecified atom stereocenters. The fourth-order valence-corrected chi connectivity index (χ4v) is 3.35. The van der Waals surface area contributed by atoms with Crippen molar-refractivity contribution in [3.63, 3.8) is 0 Å². The van der Waals surface area contributed by atoms with Gasteiger partial charge < -0.3 is 10.2 Å². The third-order valence-electron chi connectivity index (χ3n) is 4.33. The number of nitrogens with zero attached hydrogens (tertiary/aromatic N) is 1. The Morgan fingerprint density at radius 1 is 1.17 bits per heavy atom. The Morgan fingerprint density at radius 3 is 2.67 bits per heavy atom. The molecule has 1 heterocycles. The average molecular weight is 244 g/mol. The van der Waals surface area contributed by atoms with Crippen molar-refractivity contribution in [2.45, 2.75) is 45.6 Å². The Labute approximate surface area is 110 Å². The number of nitrogens with one attached hydrogen (secondary N) is 1. The smallest absolute Gasteiger partial charge is 0.0604 e. The van der Waals surface area contributed by atoms with Crippen LogP contribution in [0, 0.1) is 5.41 Å². The van der Waals surface area contributed by atoms with Crippen molar-refractivity contribution in [1.29, 1.82) is 0 Å². The van der Waals surface area contributed by atoms with Gasteiger partial charge in [0.25, 0.3) is 0 Å². The standard InChI is InChI=1S/C16H24N2/c1-16(2)11-17-14-9-5-6-10-15(14)18(12-16)13-7-3-4-8-13/h5-6,9-10,13,17H,3-4,7-8,11-12H2,1-2H3. The zero-order valence-electron chi connectivity index (χ0n) is 11.6. The van der Waals surface area contributed by atoms with Crippen molar-refractivity contribution in [3.8, 4) is 0 Å². The van der Waals surface area contributed by atoms with E-state index in [-0.39, 0.29) is 0 Å². The molecule has 1 aliphatic heterocycles. The fraction of sp³-hybridized carbons (Fsp3) is 0.625. The molecule has 1 aliphatic carbocycles. The van der Waals surface area contributed by atoms with Crippen LogP contribution in [0.2, 0.25) is 0 Å². The van der Waals surface area contributed by atoms with E-state index < -0.39 is 0 Å². The Morgan fingerprint density at radius 2 is 1.89 bits per heavy atom. The van der Waals surface area contributed by atoms with Gasteiger partial charge in [-0.05, 0) is 30.4 Å². The lowest BCUT2D eigenvalue weighted by molar-refractivity contribution is 0.378. The van der Waals surface area contributed by atoms with E-state index in [9.17, 15) is 0 Å². The summed E-state index contributed by atoms with van der Waals surface area (Å²) in [6, 6.07) is 9.56. The first-order valence-corrected chi connectivity index (χ1v) is 7.25. The molecule has 3 rings (SSSR count). The molecule has 0 bridgehead atoms. The first-order valence-electron chi connectivity index (χ1n) is 7.25. The molecule has 0 spiro atoms. The van der Waals surface area contributed by atoms with Gasteiger partial charge >= 0.3 is 0 Å². The van der Waals surface area contributed by atoms with E-state index in [1.165, 1.54) is 43.6 Å². The minimum atomic E-state index is 0.335. The van der Waals surface area contributed by atoms with Crippen molar-refractivity contribution in [3.05, 3.63) is 24.3 Å². The molecule has 0 atom stereocenters. The van der Waals surface area contributed by atoms with Crippen molar-refractivity contribution in [2.75, 3.05) is 23.3 Å². The van der Waals surface area contributed by atoms with Gasteiger partial charge in [-0.3, -0.25) is 0 Å². The van der Waals surface area contributed by atoms with Gasteiger partial charge in [-0.15, -0.1) is 0 Å². The summed E-state index contributed by atoms with van der Waals surface area (Å²) in [6.07, 6.45) is 5.53. The molecule has 98 valence electrons. The number of hydrogen-bond donors (Lipinski definition) is 1. The van der Waals surface area contributed by atoms with E-state index in [1.54, 1.807) is 0 Å². The van der Waals surface area contributed by atoms with Gasteiger partial charge in [0.05, 0.1) is 11.4 Å².